The van der Waals surface area contributed by atoms with Crippen LogP contribution in [0.3, 0.4) is 0 Å². The highest BCUT2D eigenvalue weighted by Gasteiger charge is 2.16. The average Bonchev–Trinajstić information content (AvgIpc) is 1.90. The van der Waals surface area contributed by atoms with Gasteiger partial charge in [-0.05, 0) is 12.3 Å². The highest BCUT2D eigenvalue weighted by molar-refractivity contribution is 6.49. The minimum Gasteiger partial charge on any atom is -0.423 e. The normalized spacial score (nSPS) is 26.9. The van der Waals surface area contributed by atoms with Gasteiger partial charge in [-0.3, -0.25) is 0 Å². The molecule has 1 rings (SSSR count). The molecule has 0 aromatic heterocycles. The number of hydrogen-bond donors (Lipinski definition) is 1. The predicted molar refractivity (Wildman–Crippen MR) is 36.8 cm³/mol. The summed E-state index contributed by atoms with van der Waals surface area (Å²) in [4.78, 5) is 0. The van der Waals surface area contributed by atoms with Crippen LogP contribution in [0, 0.1) is 5.92 Å². The number of hydrogen-bond acceptors (Lipinski definition) is 2. The summed E-state index contributed by atoms with van der Waals surface area (Å²) in [6.45, 7) is 2.77. The molecule has 2 nitrogen and oxygen atoms in total. The van der Waals surface area contributed by atoms with E-state index < -0.39 is 7.12 Å². The fourth-order valence-electron chi connectivity index (χ4n) is 0.839. The zero-order valence-corrected chi connectivity index (χ0v) is 5.58. The molecule has 0 spiro atoms. The van der Waals surface area contributed by atoms with Gasteiger partial charge in [0.1, 0.15) is 0 Å². The van der Waals surface area contributed by atoms with Crippen molar-refractivity contribution in [1.82, 2.24) is 0 Å². The summed E-state index contributed by atoms with van der Waals surface area (Å²) in [7, 11) is -0.659. The first-order valence-electron chi connectivity index (χ1n) is 3.31. The topological polar surface area (TPSA) is 29.5 Å². The van der Waals surface area contributed by atoms with E-state index in [0.29, 0.717) is 12.5 Å². The lowest BCUT2D eigenvalue weighted by molar-refractivity contribution is 0.226. The Labute approximate surface area is 55.7 Å². The van der Waals surface area contributed by atoms with Crippen LogP contribution in [0.5, 0.6) is 0 Å². The molecule has 1 aliphatic heterocycles. The summed E-state index contributed by atoms with van der Waals surface area (Å²) in [6, 6.07) is 0. The number of rotatable bonds is 1. The van der Waals surface area contributed by atoms with E-state index in [-0.39, 0.29) is 0 Å². The van der Waals surface area contributed by atoms with Crippen molar-refractivity contribution >= 4 is 7.12 Å². The Morgan fingerprint density at radius 2 is 2.67 bits per heavy atom. The molecule has 0 saturated heterocycles. The fraction of sp³-hybridized carbons (Fsp3) is 0.667. The first kappa shape index (κ1) is 6.84. The minimum atomic E-state index is -0.659. The summed E-state index contributed by atoms with van der Waals surface area (Å²) >= 11 is 0. The largest absolute Gasteiger partial charge is 0.483 e. The highest BCUT2D eigenvalue weighted by atomic mass is 16.5. The van der Waals surface area contributed by atoms with Gasteiger partial charge < -0.3 is 9.68 Å². The van der Waals surface area contributed by atoms with Crippen molar-refractivity contribution in [2.24, 2.45) is 5.92 Å². The molecular weight excluding hydrogens is 115 g/mol. The SMILES string of the molecule is CCC1C=CB(O)OC1. The lowest BCUT2D eigenvalue weighted by Gasteiger charge is -2.16. The third-order valence-corrected chi connectivity index (χ3v) is 1.55. The zero-order chi connectivity index (χ0) is 6.69. The molecule has 3 heteroatoms. The van der Waals surface area contributed by atoms with Crippen LogP contribution in [0.1, 0.15) is 13.3 Å². The molecule has 1 heterocycles. The van der Waals surface area contributed by atoms with Crippen molar-refractivity contribution < 1.29 is 9.68 Å². The van der Waals surface area contributed by atoms with E-state index in [2.05, 4.69) is 6.92 Å². The van der Waals surface area contributed by atoms with Crippen molar-refractivity contribution in [1.29, 1.82) is 0 Å². The molecule has 0 aromatic carbocycles. The molecule has 0 bridgehead atoms. The molecule has 0 aliphatic carbocycles. The molecule has 9 heavy (non-hydrogen) atoms. The summed E-state index contributed by atoms with van der Waals surface area (Å²) in [5.41, 5.74) is 0. The van der Waals surface area contributed by atoms with Gasteiger partial charge in [-0.2, -0.15) is 0 Å². The molecular formula is C6H11BO2. The van der Waals surface area contributed by atoms with E-state index in [1.807, 2.05) is 6.08 Å². The lowest BCUT2D eigenvalue weighted by atomic mass is 9.85. The molecule has 0 fully saturated rings. The summed E-state index contributed by atoms with van der Waals surface area (Å²) in [6.07, 6.45) is 3.09. The van der Waals surface area contributed by atoms with E-state index in [9.17, 15) is 0 Å². The van der Waals surface area contributed by atoms with Crippen molar-refractivity contribution in [3.05, 3.63) is 12.1 Å². The molecule has 1 atom stereocenters. The Morgan fingerprint density at radius 1 is 1.89 bits per heavy atom. The van der Waals surface area contributed by atoms with E-state index in [0.717, 1.165) is 6.42 Å². The minimum absolute atomic E-state index is 0.508. The van der Waals surface area contributed by atoms with Crippen LogP contribution >= 0.6 is 0 Å². The smallest absolute Gasteiger partial charge is 0.423 e. The summed E-state index contributed by atoms with van der Waals surface area (Å²) in [5.74, 6) is 2.20. The maximum atomic E-state index is 8.81. The van der Waals surface area contributed by atoms with Gasteiger partial charge in [0.05, 0.1) is 0 Å². The molecule has 1 N–H and O–H groups in total. The third kappa shape index (κ3) is 1.84. The van der Waals surface area contributed by atoms with Gasteiger partial charge in [0.15, 0.2) is 0 Å². The van der Waals surface area contributed by atoms with Gasteiger partial charge in [0, 0.05) is 6.61 Å². The second-order valence-corrected chi connectivity index (χ2v) is 2.28. The third-order valence-electron chi connectivity index (χ3n) is 1.55. The van der Waals surface area contributed by atoms with Crippen LogP contribution < -0.4 is 0 Å². The van der Waals surface area contributed by atoms with Gasteiger partial charge in [-0.1, -0.05) is 19.0 Å². The van der Waals surface area contributed by atoms with Crippen LogP contribution in [0.4, 0.5) is 0 Å². The van der Waals surface area contributed by atoms with Gasteiger partial charge >= 0.3 is 7.12 Å². The summed E-state index contributed by atoms with van der Waals surface area (Å²) < 4.78 is 4.95. The Hall–Kier alpha value is -0.275. The first-order chi connectivity index (χ1) is 4.33. The van der Waals surface area contributed by atoms with Crippen molar-refractivity contribution in [2.45, 2.75) is 13.3 Å². The van der Waals surface area contributed by atoms with Crippen molar-refractivity contribution in [3.8, 4) is 0 Å². The first-order valence-corrected chi connectivity index (χ1v) is 3.31. The monoisotopic (exact) mass is 126 g/mol. The molecule has 0 aromatic rings. The van der Waals surface area contributed by atoms with E-state index in [1.54, 1.807) is 5.98 Å². The predicted octanol–water partition coefficient (Wildman–Crippen LogP) is 0.619. The van der Waals surface area contributed by atoms with E-state index in [1.165, 1.54) is 0 Å². The van der Waals surface area contributed by atoms with E-state index >= 15 is 0 Å². The van der Waals surface area contributed by atoms with Crippen molar-refractivity contribution in [2.75, 3.05) is 6.61 Å². The van der Waals surface area contributed by atoms with Crippen LogP contribution in [-0.2, 0) is 4.65 Å². The Morgan fingerprint density at radius 3 is 3.11 bits per heavy atom. The van der Waals surface area contributed by atoms with Gasteiger partial charge in [-0.15, -0.1) is 0 Å². The highest BCUT2D eigenvalue weighted by Crippen LogP contribution is 2.10. The molecule has 0 radical (unpaired) electrons. The van der Waals surface area contributed by atoms with Gasteiger partial charge in [-0.25, -0.2) is 0 Å². The molecule has 50 valence electrons. The Balaban J connectivity index is 2.38. The van der Waals surface area contributed by atoms with Crippen LogP contribution in [-0.4, -0.2) is 18.7 Å². The second kappa shape index (κ2) is 3.04. The van der Waals surface area contributed by atoms with Crippen molar-refractivity contribution in [3.63, 3.8) is 0 Å². The molecule has 0 amide bonds. The van der Waals surface area contributed by atoms with Gasteiger partial charge in [0.2, 0.25) is 0 Å². The van der Waals surface area contributed by atoms with Crippen LogP contribution in [0.15, 0.2) is 12.1 Å². The molecule has 1 unspecified atom stereocenters. The fourth-order valence-corrected chi connectivity index (χ4v) is 0.839. The average molecular weight is 126 g/mol. The standard InChI is InChI=1S/C6H11BO2/c1-2-6-3-4-7(8)9-5-6/h3-4,6,8H,2,5H2,1H3. The second-order valence-electron chi connectivity index (χ2n) is 2.28. The zero-order valence-electron chi connectivity index (χ0n) is 5.58. The van der Waals surface area contributed by atoms with Crippen LogP contribution in [0.25, 0.3) is 0 Å². The maximum absolute atomic E-state index is 8.81. The Bertz CT molecular complexity index is 114. The summed E-state index contributed by atoms with van der Waals surface area (Å²) in [5, 5.41) is 8.81. The van der Waals surface area contributed by atoms with Crippen LogP contribution in [0.2, 0.25) is 0 Å². The van der Waals surface area contributed by atoms with Gasteiger partial charge in [0.25, 0.3) is 0 Å². The van der Waals surface area contributed by atoms with E-state index in [4.69, 9.17) is 9.68 Å². The molecule has 1 aliphatic rings. The Kier molecular flexibility index (Phi) is 2.31. The quantitative estimate of drug-likeness (QED) is 0.521. The lowest BCUT2D eigenvalue weighted by Crippen LogP contribution is -2.24. The molecule has 0 saturated carbocycles. The maximum Gasteiger partial charge on any atom is 0.483 e.